The topological polar surface area (TPSA) is 18.5 Å². The highest BCUT2D eigenvalue weighted by Gasteiger charge is 1.74. The minimum Gasteiger partial charge on any atom is -0.450 e. The average molecular weight is 154 g/mol. The average Bonchev–Trinajstić information content (AvgIpc) is 1.61. The SMILES string of the molecule is [SiH3]O[SiH2]O[SiH2][SiH3]. The molecule has 0 rings (SSSR count). The van der Waals surface area contributed by atoms with Crippen LogP contribution in [0.4, 0.5) is 0 Å². The standard InChI is InChI=1S/H10O2Si4/c3-1-5-2-6-4/h5-6H2,3-4H3. The molecule has 38 valence electrons. The van der Waals surface area contributed by atoms with Crippen LogP contribution in [-0.4, -0.2) is 39.5 Å². The Kier molecular flexibility index (Phi) is 6.55. The van der Waals surface area contributed by atoms with E-state index in [4.69, 9.17) is 8.23 Å². The van der Waals surface area contributed by atoms with Crippen molar-refractivity contribution in [3.8, 4) is 0 Å². The quantitative estimate of drug-likeness (QED) is 0.302. The molecule has 0 saturated carbocycles. The molecule has 0 aliphatic heterocycles. The lowest BCUT2D eigenvalue weighted by molar-refractivity contribution is 0.510. The van der Waals surface area contributed by atoms with Gasteiger partial charge in [0.1, 0.15) is 19.8 Å². The van der Waals surface area contributed by atoms with Crippen LogP contribution in [0.2, 0.25) is 0 Å². The predicted octanol–water partition coefficient (Wildman–Crippen LogP) is -4.34. The van der Waals surface area contributed by atoms with E-state index >= 15 is 0 Å². The highest BCUT2D eigenvalue weighted by Crippen LogP contribution is 1.57. The molecule has 0 heterocycles. The summed E-state index contributed by atoms with van der Waals surface area (Å²) < 4.78 is 10.0. The van der Waals surface area contributed by atoms with Crippen LogP contribution in [0.5, 0.6) is 0 Å². The van der Waals surface area contributed by atoms with Crippen LogP contribution in [0.3, 0.4) is 0 Å². The molecule has 0 atom stereocenters. The van der Waals surface area contributed by atoms with Gasteiger partial charge in [-0.1, -0.05) is 0 Å². The molecule has 0 saturated heterocycles. The van der Waals surface area contributed by atoms with E-state index in [0.717, 1.165) is 10.5 Å². The van der Waals surface area contributed by atoms with Gasteiger partial charge in [-0.25, -0.2) is 0 Å². The van der Waals surface area contributed by atoms with Gasteiger partial charge in [0, 0.05) is 9.76 Å². The Labute approximate surface area is 48.4 Å². The summed E-state index contributed by atoms with van der Waals surface area (Å²) in [5.41, 5.74) is 0. The van der Waals surface area contributed by atoms with Crippen LogP contribution >= 0.6 is 0 Å². The molecule has 0 aliphatic rings. The van der Waals surface area contributed by atoms with Crippen molar-refractivity contribution >= 4 is 39.5 Å². The summed E-state index contributed by atoms with van der Waals surface area (Å²) in [6.07, 6.45) is 0. The van der Waals surface area contributed by atoms with Gasteiger partial charge in [0.05, 0.1) is 0 Å². The van der Waals surface area contributed by atoms with Crippen LogP contribution < -0.4 is 0 Å². The van der Waals surface area contributed by atoms with Gasteiger partial charge in [-0.15, -0.1) is 0 Å². The number of hydrogen-bond acceptors (Lipinski definition) is 2. The molecular weight excluding hydrogens is 144 g/mol. The second-order valence-electron chi connectivity index (χ2n) is 0.899. The Balaban J connectivity index is 2.34. The van der Waals surface area contributed by atoms with Crippen LogP contribution in [0, 0.1) is 0 Å². The molecule has 6 heavy (non-hydrogen) atoms. The monoisotopic (exact) mass is 154 g/mol. The molecule has 0 radical (unpaired) electrons. The smallest absolute Gasteiger partial charge is 0.282 e. The van der Waals surface area contributed by atoms with E-state index in [-0.39, 0.29) is 9.28 Å². The molecule has 0 spiro atoms. The van der Waals surface area contributed by atoms with Gasteiger partial charge < -0.3 is 8.23 Å². The Morgan fingerprint density at radius 3 is 2.33 bits per heavy atom. The molecule has 0 aliphatic carbocycles. The van der Waals surface area contributed by atoms with Gasteiger partial charge in [-0.05, 0) is 0 Å². The summed E-state index contributed by atoms with van der Waals surface area (Å²) in [4.78, 5) is 0. The zero-order valence-corrected chi connectivity index (χ0v) is 11.1. The van der Waals surface area contributed by atoms with Gasteiger partial charge >= 0.3 is 0 Å². The van der Waals surface area contributed by atoms with Crippen LogP contribution in [-0.2, 0) is 8.23 Å². The molecular formula is H10O2Si4. The van der Waals surface area contributed by atoms with Gasteiger partial charge in [0.2, 0.25) is 0 Å². The summed E-state index contributed by atoms with van der Waals surface area (Å²) in [6.45, 7) is 0. The van der Waals surface area contributed by atoms with Crippen molar-refractivity contribution in [2.24, 2.45) is 0 Å². The highest BCUT2D eigenvalue weighted by molar-refractivity contribution is 6.87. The highest BCUT2D eigenvalue weighted by atomic mass is 29.1. The maximum atomic E-state index is 5.13. The van der Waals surface area contributed by atoms with Crippen molar-refractivity contribution in [3.63, 3.8) is 0 Å². The lowest BCUT2D eigenvalue weighted by Gasteiger charge is -1.93. The lowest BCUT2D eigenvalue weighted by atomic mass is 15.8. The van der Waals surface area contributed by atoms with Gasteiger partial charge in [0.25, 0.3) is 10.0 Å². The molecule has 6 heteroatoms. The molecule has 0 aromatic heterocycles. The van der Waals surface area contributed by atoms with Crippen molar-refractivity contribution in [1.29, 1.82) is 0 Å². The predicted molar refractivity (Wildman–Crippen MR) is 39.1 cm³/mol. The second kappa shape index (κ2) is 5.79. The van der Waals surface area contributed by atoms with E-state index in [1.54, 1.807) is 0 Å². The van der Waals surface area contributed by atoms with E-state index in [9.17, 15) is 0 Å². The molecule has 0 N–H and O–H groups in total. The minimum absolute atomic E-state index is 0.000833. The fraction of sp³-hybridized carbons (Fsp3) is 0. The van der Waals surface area contributed by atoms with E-state index < -0.39 is 10.0 Å². The van der Waals surface area contributed by atoms with Crippen molar-refractivity contribution in [3.05, 3.63) is 0 Å². The van der Waals surface area contributed by atoms with Crippen LogP contribution in [0.25, 0.3) is 0 Å². The third-order valence-corrected chi connectivity index (χ3v) is 7.32. The maximum absolute atomic E-state index is 5.13. The fourth-order valence-electron chi connectivity index (χ4n) is 0.167. The molecule has 0 fully saturated rings. The first-order chi connectivity index (χ1) is 2.91. The van der Waals surface area contributed by atoms with Crippen molar-refractivity contribution in [2.45, 2.75) is 0 Å². The zero-order valence-electron chi connectivity index (χ0n) is 4.23. The third kappa shape index (κ3) is 4.79. The summed E-state index contributed by atoms with van der Waals surface area (Å²) in [5, 5.41) is 0. The van der Waals surface area contributed by atoms with E-state index in [1.807, 2.05) is 0 Å². The first-order valence-corrected chi connectivity index (χ1v) is 10.2. The summed E-state index contributed by atoms with van der Waals surface area (Å²) in [7, 11) is 1.75. The van der Waals surface area contributed by atoms with Gasteiger partial charge in [0.15, 0.2) is 0 Å². The van der Waals surface area contributed by atoms with Crippen molar-refractivity contribution in [2.75, 3.05) is 0 Å². The molecule has 0 unspecified atom stereocenters. The first-order valence-electron chi connectivity index (χ1n) is 1.98. The summed E-state index contributed by atoms with van der Waals surface area (Å²) >= 11 is 0. The molecule has 2 nitrogen and oxygen atoms in total. The fourth-order valence-corrected chi connectivity index (χ4v) is 4.50. The second-order valence-corrected chi connectivity index (χ2v) is 7.39. The van der Waals surface area contributed by atoms with Crippen molar-refractivity contribution in [1.82, 2.24) is 0 Å². The van der Waals surface area contributed by atoms with Crippen LogP contribution in [0.15, 0.2) is 0 Å². The van der Waals surface area contributed by atoms with E-state index in [2.05, 4.69) is 0 Å². The normalized spacial score (nSPS) is 14.0. The van der Waals surface area contributed by atoms with Crippen molar-refractivity contribution < 1.29 is 8.23 Å². The van der Waals surface area contributed by atoms with E-state index in [0.29, 0.717) is 0 Å². The molecule has 0 amide bonds. The van der Waals surface area contributed by atoms with E-state index in [1.165, 1.54) is 9.76 Å². The maximum Gasteiger partial charge on any atom is 0.282 e. The Morgan fingerprint density at radius 1 is 1.50 bits per heavy atom. The van der Waals surface area contributed by atoms with Gasteiger partial charge in [-0.2, -0.15) is 0 Å². The Morgan fingerprint density at radius 2 is 2.17 bits per heavy atom. The summed E-state index contributed by atoms with van der Waals surface area (Å²) in [6, 6.07) is 0. The molecule has 0 aromatic rings. The lowest BCUT2D eigenvalue weighted by Crippen LogP contribution is -2.05. The first kappa shape index (κ1) is 6.79. The number of rotatable bonds is 3. The summed E-state index contributed by atoms with van der Waals surface area (Å²) in [5.74, 6) is 0. The Hall–Kier alpha value is 0.788. The van der Waals surface area contributed by atoms with Crippen LogP contribution in [0.1, 0.15) is 0 Å². The Bertz CT molecular complexity index is 17.5. The molecule has 0 bridgehead atoms. The minimum atomic E-state index is -0.420. The van der Waals surface area contributed by atoms with Gasteiger partial charge in [-0.3, -0.25) is 0 Å². The zero-order chi connectivity index (χ0) is 4.83. The number of hydrogen-bond donors (Lipinski definition) is 0. The third-order valence-electron chi connectivity index (χ3n) is 0.405. The molecule has 0 aromatic carbocycles. The largest absolute Gasteiger partial charge is 0.450 e.